The average molecular weight is 503 g/mol. The molecule has 3 rings (SSSR count). The Morgan fingerprint density at radius 3 is 2.75 bits per heavy atom. The van der Waals surface area contributed by atoms with Crippen LogP contribution in [0.5, 0.6) is 5.75 Å². The molecule has 2 unspecified atom stereocenters. The molecule has 1 N–H and O–H groups in total. The molecule has 2 aliphatic heterocycles. The summed E-state index contributed by atoms with van der Waals surface area (Å²) in [6.07, 6.45) is 2.57. The largest absolute Gasteiger partial charge is 0.497 e. The molecule has 0 radical (unpaired) electrons. The fraction of sp³-hybridized carbons (Fsp3) is 0.667. The predicted molar refractivity (Wildman–Crippen MR) is 123 cm³/mol. The van der Waals surface area contributed by atoms with Crippen LogP contribution in [0.1, 0.15) is 32.3 Å². The minimum atomic E-state index is -0.0509. The summed E-state index contributed by atoms with van der Waals surface area (Å²) in [4.78, 5) is 6.80. The summed E-state index contributed by atoms with van der Waals surface area (Å²) in [5.74, 6) is 1.81. The molecule has 2 saturated heterocycles. The van der Waals surface area contributed by atoms with Crippen molar-refractivity contribution in [2.45, 2.75) is 44.3 Å². The van der Waals surface area contributed by atoms with E-state index in [1.54, 1.807) is 7.11 Å². The van der Waals surface area contributed by atoms with Crippen LogP contribution >= 0.6 is 24.0 Å². The van der Waals surface area contributed by atoms with Crippen molar-refractivity contribution in [3.05, 3.63) is 29.8 Å². The third-order valence-electron chi connectivity index (χ3n) is 5.52. The SMILES string of the molecule is CN=C(NCC(C)(C)c1cccc(OC)c1)N1CCOC(C2CCCO2)C1.I. The average Bonchev–Trinajstić information content (AvgIpc) is 3.23. The van der Waals surface area contributed by atoms with Crippen LogP contribution in [0.25, 0.3) is 0 Å². The third-order valence-corrected chi connectivity index (χ3v) is 5.52. The molecule has 7 heteroatoms. The van der Waals surface area contributed by atoms with Crippen LogP contribution in [0.15, 0.2) is 29.3 Å². The lowest BCUT2D eigenvalue weighted by atomic mass is 9.84. The number of hydrogen-bond donors (Lipinski definition) is 1. The lowest BCUT2D eigenvalue weighted by molar-refractivity contribution is -0.0817. The molecule has 0 bridgehead atoms. The van der Waals surface area contributed by atoms with E-state index in [4.69, 9.17) is 14.2 Å². The molecule has 1 aromatic carbocycles. The standard InChI is InChI=1S/C21H33N3O3.HI/c1-21(2,16-7-5-8-17(13-16)25-4)15-23-20(22-3)24-10-12-27-19(14-24)18-9-6-11-26-18;/h5,7-8,13,18-19H,6,9-12,14-15H2,1-4H3,(H,22,23);1H. The zero-order chi connectivity index (χ0) is 19.3. The Balaban J connectivity index is 0.00000280. The van der Waals surface area contributed by atoms with Crippen LogP contribution in [0, 0.1) is 0 Å². The van der Waals surface area contributed by atoms with E-state index in [1.807, 2.05) is 19.2 Å². The van der Waals surface area contributed by atoms with Gasteiger partial charge in [0.25, 0.3) is 0 Å². The van der Waals surface area contributed by atoms with Gasteiger partial charge in [0.15, 0.2) is 5.96 Å². The van der Waals surface area contributed by atoms with Gasteiger partial charge in [0, 0.05) is 38.7 Å². The zero-order valence-corrected chi connectivity index (χ0v) is 19.8. The molecular weight excluding hydrogens is 469 g/mol. The Morgan fingerprint density at radius 1 is 1.29 bits per heavy atom. The number of ether oxygens (including phenoxy) is 3. The summed E-state index contributed by atoms with van der Waals surface area (Å²) in [6.45, 7) is 8.49. The molecule has 158 valence electrons. The molecular formula is C21H34IN3O3. The van der Waals surface area contributed by atoms with E-state index in [-0.39, 0.29) is 41.6 Å². The number of guanidine groups is 1. The van der Waals surface area contributed by atoms with Gasteiger partial charge < -0.3 is 24.4 Å². The van der Waals surface area contributed by atoms with Crippen LogP contribution in [-0.4, -0.2) is 70.1 Å². The highest BCUT2D eigenvalue weighted by atomic mass is 127. The number of nitrogens with zero attached hydrogens (tertiary/aromatic N) is 2. The summed E-state index contributed by atoms with van der Waals surface area (Å²) >= 11 is 0. The van der Waals surface area contributed by atoms with E-state index >= 15 is 0 Å². The number of benzene rings is 1. The Hall–Kier alpha value is -1.06. The maximum Gasteiger partial charge on any atom is 0.193 e. The number of aliphatic imine (C=N–C) groups is 1. The van der Waals surface area contributed by atoms with E-state index < -0.39 is 0 Å². The minimum absolute atomic E-state index is 0. The molecule has 2 fully saturated rings. The molecule has 0 spiro atoms. The number of morpholine rings is 1. The number of halogens is 1. The van der Waals surface area contributed by atoms with Gasteiger partial charge in [-0.25, -0.2) is 0 Å². The first-order valence-corrected chi connectivity index (χ1v) is 9.87. The summed E-state index contributed by atoms with van der Waals surface area (Å²) in [5, 5.41) is 3.57. The van der Waals surface area contributed by atoms with Crippen LogP contribution in [0.2, 0.25) is 0 Å². The maximum atomic E-state index is 5.96. The smallest absolute Gasteiger partial charge is 0.193 e. The molecule has 6 nitrogen and oxygen atoms in total. The third kappa shape index (κ3) is 5.73. The highest BCUT2D eigenvalue weighted by Crippen LogP contribution is 2.26. The molecule has 2 atom stereocenters. The molecule has 0 amide bonds. The fourth-order valence-electron chi connectivity index (χ4n) is 3.77. The normalized spacial score (nSPS) is 23.3. The first-order valence-electron chi connectivity index (χ1n) is 9.87. The molecule has 0 aromatic heterocycles. The number of rotatable bonds is 5. The summed E-state index contributed by atoms with van der Waals surface area (Å²) in [5.41, 5.74) is 1.19. The molecule has 0 saturated carbocycles. The lowest BCUT2D eigenvalue weighted by Gasteiger charge is -2.38. The van der Waals surface area contributed by atoms with Gasteiger partial charge in [0.2, 0.25) is 0 Å². The maximum absolute atomic E-state index is 5.96. The van der Waals surface area contributed by atoms with E-state index in [0.717, 1.165) is 50.8 Å². The number of methoxy groups -OCH3 is 1. The van der Waals surface area contributed by atoms with E-state index in [0.29, 0.717) is 6.61 Å². The van der Waals surface area contributed by atoms with Crippen molar-refractivity contribution in [1.29, 1.82) is 0 Å². The van der Waals surface area contributed by atoms with Crippen molar-refractivity contribution < 1.29 is 14.2 Å². The second kappa shape index (κ2) is 10.6. The van der Waals surface area contributed by atoms with Crippen LogP contribution in [-0.2, 0) is 14.9 Å². The lowest BCUT2D eigenvalue weighted by Crippen LogP contribution is -2.54. The van der Waals surface area contributed by atoms with E-state index in [2.05, 4.69) is 41.2 Å². The molecule has 2 heterocycles. The van der Waals surface area contributed by atoms with Crippen molar-refractivity contribution in [3.8, 4) is 5.75 Å². The highest BCUT2D eigenvalue weighted by Gasteiger charge is 2.32. The summed E-state index contributed by atoms with van der Waals surface area (Å²) in [7, 11) is 3.55. The second-order valence-electron chi connectivity index (χ2n) is 7.92. The van der Waals surface area contributed by atoms with Gasteiger partial charge in [-0.1, -0.05) is 26.0 Å². The zero-order valence-electron chi connectivity index (χ0n) is 17.4. The second-order valence-corrected chi connectivity index (χ2v) is 7.92. The van der Waals surface area contributed by atoms with Gasteiger partial charge in [-0.15, -0.1) is 24.0 Å². The van der Waals surface area contributed by atoms with Crippen LogP contribution < -0.4 is 10.1 Å². The van der Waals surface area contributed by atoms with Crippen molar-refractivity contribution >= 4 is 29.9 Å². The van der Waals surface area contributed by atoms with Crippen molar-refractivity contribution in [2.24, 2.45) is 4.99 Å². The summed E-state index contributed by atoms with van der Waals surface area (Å²) < 4.78 is 17.2. The predicted octanol–water partition coefficient (Wildman–Crippen LogP) is 3.05. The van der Waals surface area contributed by atoms with Crippen molar-refractivity contribution in [1.82, 2.24) is 10.2 Å². The Morgan fingerprint density at radius 2 is 2.07 bits per heavy atom. The Bertz CT molecular complexity index is 648. The first kappa shape index (κ1) is 23.2. The monoisotopic (exact) mass is 503 g/mol. The number of hydrogen-bond acceptors (Lipinski definition) is 4. The van der Waals surface area contributed by atoms with Gasteiger partial charge in [0.05, 0.1) is 19.8 Å². The molecule has 1 aromatic rings. The Labute approximate surface area is 186 Å². The molecule has 28 heavy (non-hydrogen) atoms. The molecule has 0 aliphatic carbocycles. The minimum Gasteiger partial charge on any atom is -0.497 e. The summed E-state index contributed by atoms with van der Waals surface area (Å²) in [6, 6.07) is 8.27. The van der Waals surface area contributed by atoms with E-state index in [1.165, 1.54) is 5.56 Å². The number of nitrogens with one attached hydrogen (secondary N) is 1. The Kier molecular flexibility index (Phi) is 8.82. The van der Waals surface area contributed by atoms with Gasteiger partial charge >= 0.3 is 0 Å². The van der Waals surface area contributed by atoms with Gasteiger partial charge in [-0.2, -0.15) is 0 Å². The van der Waals surface area contributed by atoms with E-state index in [9.17, 15) is 0 Å². The van der Waals surface area contributed by atoms with Crippen molar-refractivity contribution in [3.63, 3.8) is 0 Å². The fourth-order valence-corrected chi connectivity index (χ4v) is 3.77. The topological polar surface area (TPSA) is 55.3 Å². The first-order chi connectivity index (χ1) is 13.0. The van der Waals surface area contributed by atoms with Crippen LogP contribution in [0.4, 0.5) is 0 Å². The quantitative estimate of drug-likeness (QED) is 0.381. The van der Waals surface area contributed by atoms with Crippen LogP contribution in [0.3, 0.4) is 0 Å². The van der Waals surface area contributed by atoms with Gasteiger partial charge in [-0.3, -0.25) is 4.99 Å². The molecule has 2 aliphatic rings. The van der Waals surface area contributed by atoms with Gasteiger partial charge in [-0.05, 0) is 30.5 Å². The van der Waals surface area contributed by atoms with Crippen molar-refractivity contribution in [2.75, 3.05) is 47.0 Å². The highest BCUT2D eigenvalue weighted by molar-refractivity contribution is 14.0. The van der Waals surface area contributed by atoms with Gasteiger partial charge in [0.1, 0.15) is 11.9 Å².